The number of rotatable bonds is 3. The average molecular weight is 284 g/mol. The average Bonchev–Trinajstić information content (AvgIpc) is 2.39. The predicted octanol–water partition coefficient (Wildman–Crippen LogP) is 4.53. The molecule has 0 aliphatic heterocycles. The Balaban J connectivity index is 3.26. The van der Waals surface area contributed by atoms with Gasteiger partial charge in [0.15, 0.2) is 0 Å². The molecule has 0 aromatic heterocycles. The van der Waals surface area contributed by atoms with Gasteiger partial charge in [-0.2, -0.15) is 0 Å². The van der Waals surface area contributed by atoms with E-state index in [1.54, 1.807) is 0 Å². The van der Waals surface area contributed by atoms with Gasteiger partial charge >= 0.3 is 115 Å². The Hall–Kier alpha value is -0.596. The first-order valence-corrected chi connectivity index (χ1v) is 10.9. The van der Waals surface area contributed by atoms with E-state index in [1.807, 2.05) is 0 Å². The predicted molar refractivity (Wildman–Crippen MR) is 72.9 cm³/mol. The quantitative estimate of drug-likeness (QED) is 0.562. The summed E-state index contributed by atoms with van der Waals surface area (Å²) in [6, 6.07) is 0. The van der Waals surface area contributed by atoms with E-state index in [1.165, 1.54) is 26.7 Å². The first-order chi connectivity index (χ1) is 8.05. The molecule has 0 atom stereocenters. The van der Waals surface area contributed by atoms with E-state index in [9.17, 15) is 4.79 Å². The van der Waals surface area contributed by atoms with Crippen molar-refractivity contribution in [2.24, 2.45) is 5.41 Å². The van der Waals surface area contributed by atoms with E-state index < -0.39 is 17.0 Å². The van der Waals surface area contributed by atoms with E-state index in [0.717, 1.165) is 0 Å². The Kier molecular flexibility index (Phi) is 4.14. The second-order valence-electron chi connectivity index (χ2n) is 6.01. The molecule has 0 N–H and O–H groups in total. The van der Waals surface area contributed by atoms with Crippen molar-refractivity contribution < 1.29 is 25.1 Å². The molecule has 3 heteroatoms. The molecule has 0 saturated carbocycles. The minimum atomic E-state index is -2.78. The van der Waals surface area contributed by atoms with E-state index >= 15 is 0 Å². The Morgan fingerprint density at radius 3 is 2.06 bits per heavy atom. The summed E-state index contributed by atoms with van der Waals surface area (Å²) in [5.41, 5.74) is 4.07. The molecule has 0 amide bonds. The van der Waals surface area contributed by atoms with Crippen LogP contribution in [0.3, 0.4) is 0 Å². The number of hydrogen-bond donors (Lipinski definition) is 0. The van der Waals surface area contributed by atoms with Gasteiger partial charge in [-0.15, -0.1) is 0 Å². The normalized spacial score (nSPS) is 19.3. The zero-order valence-electron chi connectivity index (χ0n) is 12.6. The summed E-state index contributed by atoms with van der Waals surface area (Å²) in [5, 5.41) is 4.27. The van der Waals surface area contributed by atoms with Crippen molar-refractivity contribution >= 4 is 5.97 Å². The molecule has 0 spiro atoms. The molecule has 1 aliphatic carbocycles. The summed E-state index contributed by atoms with van der Waals surface area (Å²) < 4.78 is 7.09. The van der Waals surface area contributed by atoms with Crippen LogP contribution in [0.25, 0.3) is 0 Å². The second kappa shape index (κ2) is 4.82. The van der Waals surface area contributed by atoms with Crippen molar-refractivity contribution in [3.05, 3.63) is 33.3 Å². The molecular weight excluding hydrogens is 260 g/mol. The van der Waals surface area contributed by atoms with Crippen LogP contribution in [0, 0.1) is 5.41 Å². The van der Waals surface area contributed by atoms with Gasteiger partial charge in [0, 0.05) is 0 Å². The minimum absolute atomic E-state index is 0.0130. The number of hydrogen-bond acceptors (Lipinski definition) is 2. The molecule has 100 valence electrons. The number of carbonyl (C=O) groups excluding carboxylic acids is 1. The first kappa shape index (κ1) is 15.5. The monoisotopic (exact) mass is 284 g/mol. The summed E-state index contributed by atoms with van der Waals surface area (Å²) >= 11 is -2.78. The van der Waals surface area contributed by atoms with Crippen LogP contribution < -0.4 is 0 Å². The van der Waals surface area contributed by atoms with Crippen LogP contribution in [0.2, 0.25) is 10.5 Å². The van der Waals surface area contributed by atoms with Crippen molar-refractivity contribution in [3.63, 3.8) is 0 Å². The van der Waals surface area contributed by atoms with Gasteiger partial charge in [0.05, 0.1) is 0 Å². The molecule has 0 radical (unpaired) electrons. The maximum absolute atomic E-state index is 11.5. The van der Waals surface area contributed by atoms with Crippen molar-refractivity contribution in [1.29, 1.82) is 0 Å². The summed E-state index contributed by atoms with van der Waals surface area (Å²) in [7, 11) is 0. The van der Waals surface area contributed by atoms with Crippen LogP contribution in [0.1, 0.15) is 34.6 Å². The van der Waals surface area contributed by atoms with Gasteiger partial charge < -0.3 is 0 Å². The molecule has 0 saturated heterocycles. The third-order valence-corrected chi connectivity index (χ3v) is 8.74. The van der Waals surface area contributed by atoms with Crippen LogP contribution >= 0.6 is 0 Å². The Bertz CT molecular complexity index is 465. The fraction of sp³-hybridized carbons (Fsp3) is 0.533. The van der Waals surface area contributed by atoms with E-state index in [2.05, 4.69) is 51.7 Å². The van der Waals surface area contributed by atoms with Crippen LogP contribution in [-0.2, 0) is 25.1 Å². The molecule has 2 nitrogen and oxygen atoms in total. The molecule has 0 unspecified atom stereocenters. The number of carbonyl (C=O) groups is 1. The summed E-state index contributed by atoms with van der Waals surface area (Å²) in [5.74, 6) is -0.293. The fourth-order valence-corrected chi connectivity index (χ4v) is 8.56. The molecule has 0 aromatic rings. The van der Waals surface area contributed by atoms with Crippen molar-refractivity contribution in [1.82, 2.24) is 0 Å². The molecule has 0 aromatic carbocycles. The van der Waals surface area contributed by atoms with Crippen molar-refractivity contribution in [3.8, 4) is 0 Å². The van der Waals surface area contributed by atoms with Crippen LogP contribution in [0.15, 0.2) is 33.3 Å². The topological polar surface area (TPSA) is 26.3 Å². The fourth-order valence-electron chi connectivity index (χ4n) is 3.14. The van der Waals surface area contributed by atoms with E-state index in [0.29, 0.717) is 0 Å². The summed E-state index contributed by atoms with van der Waals surface area (Å²) in [4.78, 5) is 11.5. The molecule has 0 fully saturated rings. The van der Waals surface area contributed by atoms with E-state index in [4.69, 9.17) is 3.32 Å². The Labute approximate surface area is 115 Å². The molecular formula is C15H24O2Ti. The van der Waals surface area contributed by atoms with Crippen LogP contribution in [-0.4, -0.2) is 5.97 Å². The Morgan fingerprint density at radius 2 is 1.72 bits per heavy atom. The molecule has 0 bridgehead atoms. The Morgan fingerprint density at radius 1 is 1.22 bits per heavy atom. The molecule has 1 aliphatic rings. The van der Waals surface area contributed by atoms with Crippen LogP contribution in [0.4, 0.5) is 0 Å². The van der Waals surface area contributed by atoms with Gasteiger partial charge in [-0.3, -0.25) is 0 Å². The van der Waals surface area contributed by atoms with Crippen molar-refractivity contribution in [2.45, 2.75) is 45.1 Å². The zero-order valence-corrected chi connectivity index (χ0v) is 14.2. The van der Waals surface area contributed by atoms with Gasteiger partial charge in [-0.1, -0.05) is 0 Å². The van der Waals surface area contributed by atoms with Gasteiger partial charge in [0.1, 0.15) is 0 Å². The third-order valence-electron chi connectivity index (χ3n) is 4.19. The van der Waals surface area contributed by atoms with E-state index in [-0.39, 0.29) is 11.4 Å². The van der Waals surface area contributed by atoms with Gasteiger partial charge in [0.2, 0.25) is 0 Å². The van der Waals surface area contributed by atoms with Gasteiger partial charge in [-0.25, -0.2) is 0 Å². The number of allylic oxidation sites excluding steroid dienone is 4. The zero-order chi connectivity index (χ0) is 14.3. The summed E-state index contributed by atoms with van der Waals surface area (Å²) in [6.45, 7) is 14.4. The van der Waals surface area contributed by atoms with Crippen molar-refractivity contribution in [2.75, 3.05) is 0 Å². The van der Waals surface area contributed by atoms with Crippen LogP contribution in [0.5, 0.6) is 0 Å². The second-order valence-corrected chi connectivity index (χ2v) is 11.8. The summed E-state index contributed by atoms with van der Waals surface area (Å²) in [6.07, 6.45) is 1.26. The molecule has 1 rings (SSSR count). The maximum atomic E-state index is 11.5. The molecule has 18 heavy (non-hydrogen) atoms. The molecule has 0 heterocycles. The SMILES string of the molecule is C=CC(=O)[O][Ti]([CH3])([CH3])[C]1=C(C)C(C)=C(C)C1(C)C. The first-order valence-electron chi connectivity index (χ1n) is 6.31. The standard InChI is InChI=1S/C10H15.C3H4O2.2CH3.Ti/c1-7-6-10(4,5)9(3)8(7)2;1-2-3(4)5;;;/h1-5H3;2H,1H2,(H,4,5);2*1H3;/q;;;;+1/p-1. The van der Waals surface area contributed by atoms with Gasteiger partial charge in [0.25, 0.3) is 0 Å². The third kappa shape index (κ3) is 2.41. The van der Waals surface area contributed by atoms with Gasteiger partial charge in [-0.05, 0) is 0 Å².